The molecule has 0 radical (unpaired) electrons. The van der Waals surface area contributed by atoms with Crippen LogP contribution in [0.1, 0.15) is 16.7 Å². The van der Waals surface area contributed by atoms with Gasteiger partial charge in [0.15, 0.2) is 12.6 Å². The van der Waals surface area contributed by atoms with Gasteiger partial charge in [-0.25, -0.2) is 0 Å². The maximum absolute atomic E-state index is 9.90. The minimum absolute atomic E-state index is 0.0240. The Morgan fingerprint density at radius 2 is 1.40 bits per heavy atom. The molecule has 0 fully saturated rings. The molecule has 1 aromatic rings. The van der Waals surface area contributed by atoms with Crippen LogP contribution in [0.3, 0.4) is 0 Å². The zero-order valence-electron chi connectivity index (χ0n) is 11.4. The van der Waals surface area contributed by atoms with Gasteiger partial charge in [-0.15, -0.1) is 0 Å². The van der Waals surface area contributed by atoms with Gasteiger partial charge in [0.05, 0.1) is 0 Å². The number of nitrogens with one attached hydrogen (secondary N) is 2. The van der Waals surface area contributed by atoms with Gasteiger partial charge in [-0.3, -0.25) is 0 Å². The third kappa shape index (κ3) is 5.83. The van der Waals surface area contributed by atoms with E-state index in [1.807, 2.05) is 6.92 Å². The molecule has 0 unspecified atom stereocenters. The van der Waals surface area contributed by atoms with Crippen LogP contribution in [0.5, 0.6) is 5.75 Å². The van der Waals surface area contributed by atoms with E-state index >= 15 is 0 Å². The molecule has 1 rings (SSSR count). The third-order valence-corrected chi connectivity index (χ3v) is 2.82. The highest BCUT2D eigenvalue weighted by Gasteiger charge is 2.08. The molecular formula is C13H22N2O5. The second-order valence-corrected chi connectivity index (χ2v) is 4.63. The maximum Gasteiger partial charge on any atom is 0.164 e. The molecule has 0 aliphatic rings. The minimum atomic E-state index is -1.42. The Hall–Kier alpha value is -1.22. The highest BCUT2D eigenvalue weighted by atomic mass is 16.5. The third-order valence-electron chi connectivity index (χ3n) is 2.82. The lowest BCUT2D eigenvalue weighted by atomic mass is 10.0. The summed E-state index contributed by atoms with van der Waals surface area (Å²) >= 11 is 0. The van der Waals surface area contributed by atoms with Gasteiger partial charge in [-0.05, 0) is 24.1 Å². The largest absolute Gasteiger partial charge is 0.508 e. The number of benzene rings is 1. The standard InChI is InChI=1S/C13H22N2O5/c1-8-2-10(5-15-7-13(19)20)11(16)3-9(8)4-14-6-12(17)18/h2-3,12-20H,4-7H2,1H3. The fraction of sp³-hybridized carbons (Fsp3) is 0.538. The van der Waals surface area contributed by atoms with Crippen molar-refractivity contribution in [2.24, 2.45) is 0 Å². The minimum Gasteiger partial charge on any atom is -0.508 e. The molecule has 7 nitrogen and oxygen atoms in total. The molecule has 0 aromatic heterocycles. The average molecular weight is 286 g/mol. The second-order valence-electron chi connectivity index (χ2n) is 4.63. The van der Waals surface area contributed by atoms with E-state index in [0.717, 1.165) is 11.1 Å². The van der Waals surface area contributed by atoms with Gasteiger partial charge in [-0.1, -0.05) is 6.07 Å². The molecule has 0 amide bonds. The van der Waals surface area contributed by atoms with Crippen LogP contribution in [-0.4, -0.2) is 51.2 Å². The van der Waals surface area contributed by atoms with Crippen molar-refractivity contribution in [3.05, 3.63) is 28.8 Å². The number of aliphatic hydroxyl groups excluding tert-OH is 2. The molecule has 0 saturated carbocycles. The molecule has 7 heteroatoms. The summed E-state index contributed by atoms with van der Waals surface area (Å²) in [6.45, 7) is 2.71. The van der Waals surface area contributed by atoms with Crippen molar-refractivity contribution < 1.29 is 25.5 Å². The van der Waals surface area contributed by atoms with Crippen molar-refractivity contribution in [1.29, 1.82) is 0 Å². The smallest absolute Gasteiger partial charge is 0.164 e. The summed E-state index contributed by atoms with van der Waals surface area (Å²) in [7, 11) is 0. The van der Waals surface area contributed by atoms with Crippen LogP contribution in [0.2, 0.25) is 0 Å². The Balaban J connectivity index is 2.61. The Labute approximate surface area is 117 Å². The van der Waals surface area contributed by atoms with E-state index in [1.54, 1.807) is 12.1 Å². The van der Waals surface area contributed by atoms with Crippen LogP contribution >= 0.6 is 0 Å². The Bertz CT molecular complexity index is 384. The van der Waals surface area contributed by atoms with Crippen LogP contribution in [0, 0.1) is 6.92 Å². The van der Waals surface area contributed by atoms with Gasteiger partial charge in [0.25, 0.3) is 0 Å². The normalized spacial score (nSPS) is 11.6. The van der Waals surface area contributed by atoms with E-state index in [1.165, 1.54) is 0 Å². The van der Waals surface area contributed by atoms with Gasteiger partial charge in [0.2, 0.25) is 0 Å². The summed E-state index contributed by atoms with van der Waals surface area (Å²) in [6.07, 6.45) is -2.83. The first-order valence-electron chi connectivity index (χ1n) is 6.35. The van der Waals surface area contributed by atoms with E-state index in [0.29, 0.717) is 18.7 Å². The summed E-state index contributed by atoms with van der Waals surface area (Å²) < 4.78 is 0. The molecule has 0 spiro atoms. The number of phenols is 1. The summed E-state index contributed by atoms with van der Waals surface area (Å²) in [5, 5.41) is 50.5. The first kappa shape index (κ1) is 16.8. The fourth-order valence-electron chi connectivity index (χ4n) is 1.80. The molecular weight excluding hydrogens is 264 g/mol. The van der Waals surface area contributed by atoms with Crippen molar-refractivity contribution in [3.8, 4) is 5.75 Å². The molecule has 1 aromatic carbocycles. The predicted octanol–water partition coefficient (Wildman–Crippen LogP) is -1.50. The van der Waals surface area contributed by atoms with Crippen LogP contribution in [0.25, 0.3) is 0 Å². The van der Waals surface area contributed by atoms with Gasteiger partial charge in [0, 0.05) is 31.7 Å². The van der Waals surface area contributed by atoms with Crippen molar-refractivity contribution >= 4 is 0 Å². The van der Waals surface area contributed by atoms with Crippen molar-refractivity contribution in [2.45, 2.75) is 32.6 Å². The van der Waals surface area contributed by atoms with Gasteiger partial charge in [0.1, 0.15) is 5.75 Å². The van der Waals surface area contributed by atoms with E-state index < -0.39 is 12.6 Å². The number of hydrogen-bond acceptors (Lipinski definition) is 7. The molecule has 0 heterocycles. The van der Waals surface area contributed by atoms with E-state index in [4.69, 9.17) is 20.4 Å². The maximum atomic E-state index is 9.90. The Morgan fingerprint density at radius 3 is 1.90 bits per heavy atom. The highest BCUT2D eigenvalue weighted by Crippen LogP contribution is 2.22. The van der Waals surface area contributed by atoms with E-state index in [2.05, 4.69) is 10.6 Å². The van der Waals surface area contributed by atoms with E-state index in [9.17, 15) is 5.11 Å². The quantitative estimate of drug-likeness (QED) is 0.290. The number of aromatic hydroxyl groups is 1. The van der Waals surface area contributed by atoms with Crippen molar-refractivity contribution in [1.82, 2.24) is 10.6 Å². The molecule has 0 aliphatic carbocycles. The number of aliphatic hydroxyl groups is 4. The van der Waals surface area contributed by atoms with Crippen LogP contribution in [0.15, 0.2) is 12.1 Å². The van der Waals surface area contributed by atoms with Gasteiger partial charge in [-0.2, -0.15) is 0 Å². The number of rotatable bonds is 8. The molecule has 7 N–H and O–H groups in total. The summed E-state index contributed by atoms with van der Waals surface area (Å²) in [5.41, 5.74) is 2.47. The first-order valence-corrected chi connectivity index (χ1v) is 6.35. The van der Waals surface area contributed by atoms with Crippen molar-refractivity contribution in [2.75, 3.05) is 13.1 Å². The second kappa shape index (κ2) is 8.15. The van der Waals surface area contributed by atoms with Crippen LogP contribution in [0.4, 0.5) is 0 Å². The fourth-order valence-corrected chi connectivity index (χ4v) is 1.80. The number of aryl methyl sites for hydroxylation is 1. The lowest BCUT2D eigenvalue weighted by molar-refractivity contribution is -0.0380. The molecule has 0 atom stereocenters. The topological polar surface area (TPSA) is 125 Å². The Morgan fingerprint density at radius 1 is 0.900 bits per heavy atom. The SMILES string of the molecule is Cc1cc(CNCC(O)O)c(O)cc1CNCC(O)O. The lowest BCUT2D eigenvalue weighted by Gasteiger charge is -2.13. The van der Waals surface area contributed by atoms with Gasteiger partial charge >= 0.3 is 0 Å². The summed E-state index contributed by atoms with van der Waals surface area (Å²) in [5.74, 6) is 0.108. The average Bonchev–Trinajstić information content (AvgIpc) is 2.33. The molecule has 0 saturated heterocycles. The van der Waals surface area contributed by atoms with Gasteiger partial charge < -0.3 is 36.2 Å². The summed E-state index contributed by atoms with van der Waals surface area (Å²) in [4.78, 5) is 0. The molecule has 0 bridgehead atoms. The summed E-state index contributed by atoms with van der Waals surface area (Å²) in [6, 6.07) is 3.41. The predicted molar refractivity (Wildman–Crippen MR) is 72.7 cm³/mol. The van der Waals surface area contributed by atoms with E-state index in [-0.39, 0.29) is 18.8 Å². The number of hydrogen-bond donors (Lipinski definition) is 7. The van der Waals surface area contributed by atoms with Crippen molar-refractivity contribution in [3.63, 3.8) is 0 Å². The molecule has 0 aliphatic heterocycles. The van der Waals surface area contributed by atoms with Crippen LogP contribution in [-0.2, 0) is 13.1 Å². The molecule has 20 heavy (non-hydrogen) atoms. The monoisotopic (exact) mass is 286 g/mol. The van der Waals surface area contributed by atoms with Crippen LogP contribution < -0.4 is 10.6 Å². The highest BCUT2D eigenvalue weighted by molar-refractivity contribution is 5.41. The first-order chi connectivity index (χ1) is 9.40. The zero-order chi connectivity index (χ0) is 15.1. The number of phenolic OH excluding ortho intramolecular Hbond substituents is 1. The zero-order valence-corrected chi connectivity index (χ0v) is 11.4. The molecule has 114 valence electrons. The lowest BCUT2D eigenvalue weighted by Crippen LogP contribution is -2.26. The Kier molecular flexibility index (Phi) is 6.86.